The van der Waals surface area contributed by atoms with Crippen molar-refractivity contribution in [2.24, 2.45) is 0 Å². The summed E-state index contributed by atoms with van der Waals surface area (Å²) in [5.74, 6) is 1.13. The Labute approximate surface area is 174 Å². The fourth-order valence-corrected chi connectivity index (χ4v) is 3.74. The summed E-state index contributed by atoms with van der Waals surface area (Å²) < 4.78 is 22.5. The molecule has 0 aliphatic carbocycles. The van der Waals surface area contributed by atoms with E-state index in [1.54, 1.807) is 19.2 Å². The molecule has 1 atom stereocenters. The van der Waals surface area contributed by atoms with Crippen molar-refractivity contribution in [2.75, 3.05) is 7.11 Å². The van der Waals surface area contributed by atoms with Gasteiger partial charge in [0.05, 0.1) is 7.11 Å². The maximum Gasteiger partial charge on any atom is 0.336 e. The Balaban J connectivity index is 1.49. The second kappa shape index (κ2) is 7.86. The van der Waals surface area contributed by atoms with Crippen LogP contribution in [0.5, 0.6) is 11.5 Å². The molecule has 2 heterocycles. The Kier molecular flexibility index (Phi) is 5.24. The second-order valence-electron chi connectivity index (χ2n) is 7.95. The lowest BCUT2D eigenvalue weighted by atomic mass is 9.90. The van der Waals surface area contributed by atoms with E-state index in [1.807, 2.05) is 44.2 Å². The lowest BCUT2D eigenvalue weighted by Crippen LogP contribution is -2.48. The minimum Gasteiger partial charge on any atom is -0.496 e. The van der Waals surface area contributed by atoms with Gasteiger partial charge in [0.1, 0.15) is 28.8 Å². The first-order valence-corrected chi connectivity index (χ1v) is 9.93. The van der Waals surface area contributed by atoms with Crippen molar-refractivity contribution in [3.8, 4) is 11.5 Å². The second-order valence-corrected chi connectivity index (χ2v) is 7.95. The molecule has 0 spiro atoms. The average molecular weight is 408 g/mol. The number of fused-ring (bicyclic) bond motifs is 2. The predicted molar refractivity (Wildman–Crippen MR) is 112 cm³/mol. The Morgan fingerprint density at radius 2 is 1.97 bits per heavy atom. The molecule has 1 aliphatic heterocycles. The van der Waals surface area contributed by atoms with Gasteiger partial charge in [-0.1, -0.05) is 18.2 Å². The molecule has 30 heavy (non-hydrogen) atoms. The smallest absolute Gasteiger partial charge is 0.336 e. The van der Waals surface area contributed by atoms with Gasteiger partial charge in [0.15, 0.2) is 0 Å². The zero-order valence-corrected chi connectivity index (χ0v) is 17.3. The third kappa shape index (κ3) is 4.03. The molecule has 1 aliphatic rings. The van der Waals surface area contributed by atoms with Crippen molar-refractivity contribution in [1.29, 1.82) is 0 Å². The van der Waals surface area contributed by atoms with E-state index in [1.165, 1.54) is 6.07 Å². The molecule has 0 amide bonds. The van der Waals surface area contributed by atoms with Crippen LogP contribution in [0.2, 0.25) is 0 Å². The fraction of sp³-hybridized carbons (Fsp3) is 0.333. The van der Waals surface area contributed by atoms with E-state index in [-0.39, 0.29) is 12.4 Å². The van der Waals surface area contributed by atoms with Crippen LogP contribution in [0.15, 0.2) is 57.7 Å². The van der Waals surface area contributed by atoms with Crippen molar-refractivity contribution < 1.29 is 23.4 Å². The monoisotopic (exact) mass is 408 g/mol. The summed E-state index contributed by atoms with van der Waals surface area (Å²) in [6, 6.07) is 14.4. The van der Waals surface area contributed by atoms with Crippen molar-refractivity contribution in [3.63, 3.8) is 0 Å². The summed E-state index contributed by atoms with van der Waals surface area (Å²) in [6.07, 6.45) is 0.890. The van der Waals surface area contributed by atoms with Crippen LogP contribution in [0.3, 0.4) is 0 Å². The summed E-state index contributed by atoms with van der Waals surface area (Å²) in [5.41, 5.74) is 1.24. The van der Waals surface area contributed by atoms with Crippen LogP contribution in [-0.2, 0) is 22.4 Å². The SMILES string of the molecule is COc1ccccc1CCC(=O)O[C@H]1Cc2cc3ccc(=O)oc3cc2OC1(C)C. The summed E-state index contributed by atoms with van der Waals surface area (Å²) >= 11 is 0. The molecule has 0 bridgehead atoms. The van der Waals surface area contributed by atoms with Crippen molar-refractivity contribution >= 4 is 16.9 Å². The average Bonchev–Trinajstić information content (AvgIpc) is 2.71. The van der Waals surface area contributed by atoms with E-state index in [2.05, 4.69) is 0 Å². The normalized spacial score (nSPS) is 17.1. The van der Waals surface area contributed by atoms with Crippen LogP contribution in [-0.4, -0.2) is 24.8 Å². The van der Waals surface area contributed by atoms with Gasteiger partial charge < -0.3 is 18.6 Å². The van der Waals surface area contributed by atoms with Crippen LogP contribution in [0, 0.1) is 0 Å². The quantitative estimate of drug-likeness (QED) is 0.468. The first-order valence-electron chi connectivity index (χ1n) is 9.93. The number of hydrogen-bond donors (Lipinski definition) is 0. The van der Waals surface area contributed by atoms with Crippen molar-refractivity contribution in [3.05, 3.63) is 70.1 Å². The Bertz CT molecular complexity index is 1140. The van der Waals surface area contributed by atoms with Gasteiger partial charge in [-0.15, -0.1) is 0 Å². The molecule has 0 radical (unpaired) electrons. The summed E-state index contributed by atoms with van der Waals surface area (Å²) in [4.78, 5) is 24.0. The summed E-state index contributed by atoms with van der Waals surface area (Å²) in [7, 11) is 1.62. The van der Waals surface area contributed by atoms with E-state index in [0.717, 1.165) is 22.3 Å². The van der Waals surface area contributed by atoms with Crippen LogP contribution in [0.25, 0.3) is 11.0 Å². The summed E-state index contributed by atoms with van der Waals surface area (Å²) in [6.45, 7) is 3.78. The van der Waals surface area contributed by atoms with Crippen LogP contribution in [0.4, 0.5) is 0 Å². The first-order chi connectivity index (χ1) is 14.4. The molecule has 3 aromatic rings. The molecular formula is C24H24O6. The van der Waals surface area contributed by atoms with Gasteiger partial charge in [-0.2, -0.15) is 0 Å². The molecule has 6 nitrogen and oxygen atoms in total. The number of benzene rings is 2. The molecule has 6 heteroatoms. The van der Waals surface area contributed by atoms with Crippen LogP contribution in [0.1, 0.15) is 31.4 Å². The standard InChI is InChI=1S/C24H24O6/c1-24(2)21(29-23(26)10-8-15-6-4-5-7-18(15)27-3)13-17-12-16-9-11-22(25)28-19(16)14-20(17)30-24/h4-7,9,11-12,14,21H,8,10,13H2,1-3H3/t21-/m0/s1. The fourth-order valence-electron chi connectivity index (χ4n) is 3.74. The molecule has 2 aromatic carbocycles. The van der Waals surface area contributed by atoms with Crippen LogP contribution >= 0.6 is 0 Å². The lowest BCUT2D eigenvalue weighted by Gasteiger charge is -2.39. The maximum absolute atomic E-state index is 12.6. The number of hydrogen-bond acceptors (Lipinski definition) is 6. The number of methoxy groups -OCH3 is 1. The van der Waals surface area contributed by atoms with Gasteiger partial charge in [0.2, 0.25) is 0 Å². The van der Waals surface area contributed by atoms with Gasteiger partial charge in [0.25, 0.3) is 0 Å². The van der Waals surface area contributed by atoms with Gasteiger partial charge in [-0.3, -0.25) is 4.79 Å². The maximum atomic E-state index is 12.6. The minimum atomic E-state index is -0.712. The number of para-hydroxylation sites is 1. The highest BCUT2D eigenvalue weighted by molar-refractivity contribution is 5.79. The number of carbonyl (C=O) groups is 1. The molecule has 0 N–H and O–H groups in total. The molecule has 0 saturated carbocycles. The van der Waals surface area contributed by atoms with Gasteiger partial charge >= 0.3 is 11.6 Å². The molecule has 0 fully saturated rings. The number of carbonyl (C=O) groups excluding carboxylic acids is 1. The van der Waals surface area contributed by atoms with Crippen LogP contribution < -0.4 is 15.1 Å². The minimum absolute atomic E-state index is 0.253. The molecule has 156 valence electrons. The first kappa shape index (κ1) is 20.0. The zero-order chi connectivity index (χ0) is 21.3. The third-order valence-corrected chi connectivity index (χ3v) is 5.42. The topological polar surface area (TPSA) is 75.0 Å². The number of esters is 1. The predicted octanol–water partition coefficient (Wildman–Crippen LogP) is 4.06. The highest BCUT2D eigenvalue weighted by atomic mass is 16.6. The van der Waals surface area contributed by atoms with E-state index < -0.39 is 17.3 Å². The lowest BCUT2D eigenvalue weighted by molar-refractivity contribution is -0.161. The zero-order valence-electron chi connectivity index (χ0n) is 17.3. The molecule has 0 unspecified atom stereocenters. The van der Waals surface area contributed by atoms with E-state index in [0.29, 0.717) is 24.2 Å². The van der Waals surface area contributed by atoms with E-state index in [9.17, 15) is 9.59 Å². The summed E-state index contributed by atoms with van der Waals surface area (Å²) in [5, 5.41) is 0.804. The number of ether oxygens (including phenoxy) is 3. The number of aryl methyl sites for hydroxylation is 1. The highest BCUT2D eigenvalue weighted by Crippen LogP contribution is 2.37. The van der Waals surface area contributed by atoms with Gasteiger partial charge in [-0.25, -0.2) is 4.79 Å². The Morgan fingerprint density at radius 1 is 1.17 bits per heavy atom. The number of rotatable bonds is 5. The van der Waals surface area contributed by atoms with Crippen molar-refractivity contribution in [2.45, 2.75) is 44.8 Å². The van der Waals surface area contributed by atoms with Gasteiger partial charge in [0, 0.05) is 30.4 Å². The molecular weight excluding hydrogens is 384 g/mol. The largest absolute Gasteiger partial charge is 0.496 e. The van der Waals surface area contributed by atoms with Gasteiger partial charge in [-0.05, 0) is 49.6 Å². The molecule has 1 aromatic heterocycles. The Morgan fingerprint density at radius 3 is 2.77 bits per heavy atom. The van der Waals surface area contributed by atoms with E-state index in [4.69, 9.17) is 18.6 Å². The molecule has 4 rings (SSSR count). The molecule has 0 saturated heterocycles. The van der Waals surface area contributed by atoms with Crippen molar-refractivity contribution in [1.82, 2.24) is 0 Å². The third-order valence-electron chi connectivity index (χ3n) is 5.42. The Hall–Kier alpha value is -3.28. The highest BCUT2D eigenvalue weighted by Gasteiger charge is 2.40. The van der Waals surface area contributed by atoms with E-state index >= 15 is 0 Å².